The van der Waals surface area contributed by atoms with Crippen molar-refractivity contribution >= 4 is 43.7 Å². The van der Waals surface area contributed by atoms with Crippen LogP contribution < -0.4 is 5.32 Å². The molecule has 0 amide bonds. The van der Waals surface area contributed by atoms with Crippen molar-refractivity contribution in [3.05, 3.63) is 72.8 Å². The molecule has 0 aliphatic carbocycles. The molecule has 1 nitrogen and oxygen atoms in total. The Kier molecular flexibility index (Phi) is 1.91. The summed E-state index contributed by atoms with van der Waals surface area (Å²) >= 11 is 0. The van der Waals surface area contributed by atoms with Crippen molar-refractivity contribution in [1.82, 2.24) is 0 Å². The monoisotopic (exact) mass is 291 g/mol. The van der Waals surface area contributed by atoms with Crippen LogP contribution in [0.1, 0.15) is 0 Å². The molecule has 0 atom stereocenters. The molecule has 5 aromatic carbocycles. The Balaban J connectivity index is 1.97. The van der Waals surface area contributed by atoms with Crippen molar-refractivity contribution in [2.45, 2.75) is 0 Å². The summed E-state index contributed by atoms with van der Waals surface area (Å²) in [6.45, 7) is 0. The number of benzene rings is 5. The second-order valence-corrected chi connectivity index (χ2v) is 6.33. The number of hydrogen-bond acceptors (Lipinski definition) is 1. The fourth-order valence-electron chi connectivity index (χ4n) is 4.14. The molecule has 0 unspecified atom stereocenters. The maximum absolute atomic E-state index is 3.62. The van der Waals surface area contributed by atoms with E-state index in [-0.39, 0.29) is 0 Å². The topological polar surface area (TPSA) is 12.0 Å². The molecule has 23 heavy (non-hydrogen) atoms. The van der Waals surface area contributed by atoms with Gasteiger partial charge in [0.15, 0.2) is 0 Å². The molecule has 1 aliphatic rings. The zero-order chi connectivity index (χ0) is 15.0. The van der Waals surface area contributed by atoms with E-state index in [0.29, 0.717) is 0 Å². The Morgan fingerprint density at radius 1 is 0.478 bits per heavy atom. The van der Waals surface area contributed by atoms with Crippen LogP contribution in [0.4, 0.5) is 11.4 Å². The Morgan fingerprint density at radius 2 is 1.26 bits per heavy atom. The smallest absolute Gasteiger partial charge is 0.0471 e. The second kappa shape index (κ2) is 3.82. The summed E-state index contributed by atoms with van der Waals surface area (Å²) in [6.07, 6.45) is 0. The van der Waals surface area contributed by atoms with Crippen LogP contribution in [0.3, 0.4) is 0 Å². The Hall–Kier alpha value is -3.06. The molecule has 6 rings (SSSR count). The lowest BCUT2D eigenvalue weighted by atomic mass is 9.86. The molecule has 106 valence electrons. The minimum absolute atomic E-state index is 1.19. The number of para-hydroxylation sites is 1. The third kappa shape index (κ3) is 1.33. The number of nitrogens with one attached hydrogen (secondary N) is 1. The lowest BCUT2D eigenvalue weighted by Crippen LogP contribution is -2.01. The molecule has 0 spiro atoms. The van der Waals surface area contributed by atoms with Gasteiger partial charge in [0.2, 0.25) is 0 Å². The van der Waals surface area contributed by atoms with Crippen molar-refractivity contribution in [3.8, 4) is 11.1 Å². The zero-order valence-electron chi connectivity index (χ0n) is 12.4. The van der Waals surface area contributed by atoms with Crippen LogP contribution in [0, 0.1) is 0 Å². The van der Waals surface area contributed by atoms with Crippen molar-refractivity contribution in [2.75, 3.05) is 5.32 Å². The SMILES string of the molecule is c1ccc2c(c1)Nc1ccc3ccc4cccc5cc-2c1c3c45. The fourth-order valence-corrected chi connectivity index (χ4v) is 4.14. The van der Waals surface area contributed by atoms with Crippen molar-refractivity contribution in [1.29, 1.82) is 0 Å². The molecule has 5 aromatic rings. The van der Waals surface area contributed by atoms with E-state index < -0.39 is 0 Å². The van der Waals surface area contributed by atoms with E-state index in [0.717, 1.165) is 0 Å². The maximum Gasteiger partial charge on any atom is 0.0471 e. The first-order chi connectivity index (χ1) is 11.4. The fraction of sp³-hybridized carbons (Fsp3) is 0. The van der Waals surface area contributed by atoms with Crippen molar-refractivity contribution < 1.29 is 0 Å². The molecule has 1 heterocycles. The van der Waals surface area contributed by atoms with Gasteiger partial charge in [-0.2, -0.15) is 0 Å². The average Bonchev–Trinajstić information content (AvgIpc) is 2.61. The van der Waals surface area contributed by atoms with Crippen LogP contribution in [0.15, 0.2) is 72.8 Å². The molecule has 0 bridgehead atoms. The number of rotatable bonds is 0. The highest BCUT2D eigenvalue weighted by molar-refractivity contribution is 6.30. The summed E-state index contributed by atoms with van der Waals surface area (Å²) in [4.78, 5) is 0. The lowest BCUT2D eigenvalue weighted by molar-refractivity contribution is 1.54. The van der Waals surface area contributed by atoms with Crippen LogP contribution in [-0.2, 0) is 0 Å². The summed E-state index contributed by atoms with van der Waals surface area (Å²) in [5.74, 6) is 0. The highest BCUT2D eigenvalue weighted by Gasteiger charge is 2.21. The van der Waals surface area contributed by atoms with Crippen molar-refractivity contribution in [2.24, 2.45) is 0 Å². The average molecular weight is 291 g/mol. The van der Waals surface area contributed by atoms with E-state index >= 15 is 0 Å². The van der Waals surface area contributed by atoms with Crippen molar-refractivity contribution in [3.63, 3.8) is 0 Å². The predicted octanol–water partition coefficient (Wildman–Crippen LogP) is 6.31. The quantitative estimate of drug-likeness (QED) is 0.323. The lowest BCUT2D eigenvalue weighted by Gasteiger charge is -2.24. The summed E-state index contributed by atoms with van der Waals surface area (Å²) in [6, 6.07) is 26.4. The highest BCUT2D eigenvalue weighted by atomic mass is 14.9. The molecule has 0 saturated heterocycles. The van der Waals surface area contributed by atoms with Gasteiger partial charge in [-0.25, -0.2) is 0 Å². The zero-order valence-corrected chi connectivity index (χ0v) is 12.4. The van der Waals surface area contributed by atoms with Gasteiger partial charge >= 0.3 is 0 Å². The molecular weight excluding hydrogens is 278 g/mol. The van der Waals surface area contributed by atoms with Gasteiger partial charge < -0.3 is 5.32 Å². The van der Waals surface area contributed by atoms with Gasteiger partial charge in [0.05, 0.1) is 0 Å². The Labute approximate surface area is 133 Å². The maximum atomic E-state index is 3.62. The third-order valence-corrected chi connectivity index (χ3v) is 5.11. The first kappa shape index (κ1) is 11.5. The summed E-state index contributed by atoms with van der Waals surface area (Å²) < 4.78 is 0. The molecule has 1 aliphatic heterocycles. The van der Waals surface area contributed by atoms with E-state index in [1.807, 2.05) is 0 Å². The molecular formula is C22H13N. The first-order valence-electron chi connectivity index (χ1n) is 7.97. The van der Waals surface area contributed by atoms with E-state index in [2.05, 4.69) is 78.1 Å². The van der Waals surface area contributed by atoms with E-state index in [4.69, 9.17) is 0 Å². The predicted molar refractivity (Wildman–Crippen MR) is 98.9 cm³/mol. The minimum atomic E-state index is 1.19. The number of anilines is 2. The summed E-state index contributed by atoms with van der Waals surface area (Å²) in [7, 11) is 0. The highest BCUT2D eigenvalue weighted by Crippen LogP contribution is 2.48. The van der Waals surface area contributed by atoms with Crippen LogP contribution in [0.25, 0.3) is 43.4 Å². The van der Waals surface area contributed by atoms with Gasteiger partial charge in [-0.1, -0.05) is 54.6 Å². The van der Waals surface area contributed by atoms with E-state index in [1.165, 1.54) is 54.8 Å². The summed E-state index contributed by atoms with van der Waals surface area (Å²) in [5.41, 5.74) is 5.03. The van der Waals surface area contributed by atoms with E-state index in [1.54, 1.807) is 0 Å². The van der Waals surface area contributed by atoms with E-state index in [9.17, 15) is 0 Å². The molecule has 0 fully saturated rings. The Morgan fingerprint density at radius 3 is 2.22 bits per heavy atom. The van der Waals surface area contributed by atoms with Gasteiger partial charge in [0, 0.05) is 27.7 Å². The minimum Gasteiger partial charge on any atom is -0.354 e. The molecule has 0 aromatic heterocycles. The standard InChI is InChI=1S/C22H13N/c1-2-7-18-16(6-1)17-12-15-5-3-4-13-8-9-14-10-11-19(23-18)22(17)21(14)20(13)15/h1-12,23H. The number of hydrogen-bond donors (Lipinski definition) is 1. The van der Waals surface area contributed by atoms with Gasteiger partial charge in [-0.05, 0) is 45.3 Å². The van der Waals surface area contributed by atoms with Gasteiger partial charge in [0.1, 0.15) is 0 Å². The van der Waals surface area contributed by atoms with Crippen LogP contribution in [0.2, 0.25) is 0 Å². The van der Waals surface area contributed by atoms with Crippen LogP contribution >= 0.6 is 0 Å². The Bertz CT molecular complexity index is 1230. The largest absolute Gasteiger partial charge is 0.354 e. The molecule has 1 heteroatoms. The third-order valence-electron chi connectivity index (χ3n) is 5.11. The summed E-state index contributed by atoms with van der Waals surface area (Å²) in [5, 5.41) is 11.7. The molecule has 1 N–H and O–H groups in total. The second-order valence-electron chi connectivity index (χ2n) is 6.33. The number of fused-ring (bicyclic) bond motifs is 2. The van der Waals surface area contributed by atoms with Crippen LogP contribution in [-0.4, -0.2) is 0 Å². The van der Waals surface area contributed by atoms with Gasteiger partial charge in [-0.3, -0.25) is 0 Å². The van der Waals surface area contributed by atoms with Gasteiger partial charge in [-0.15, -0.1) is 0 Å². The normalized spacial score (nSPS) is 12.7. The van der Waals surface area contributed by atoms with Gasteiger partial charge in [0.25, 0.3) is 0 Å². The van der Waals surface area contributed by atoms with Crippen LogP contribution in [0.5, 0.6) is 0 Å². The molecule has 0 radical (unpaired) electrons. The molecule has 0 saturated carbocycles. The first-order valence-corrected chi connectivity index (χ1v) is 7.97.